The van der Waals surface area contributed by atoms with Gasteiger partial charge in [-0.3, -0.25) is 15.2 Å². The lowest BCUT2D eigenvalue weighted by Gasteiger charge is -2.21. The lowest BCUT2D eigenvalue weighted by atomic mass is 10.0. The highest BCUT2D eigenvalue weighted by Crippen LogP contribution is 2.34. The summed E-state index contributed by atoms with van der Waals surface area (Å²) in [6.07, 6.45) is 1.72. The fraction of sp³-hybridized carbons (Fsp3) is 0.571. The van der Waals surface area contributed by atoms with Crippen LogP contribution in [0, 0.1) is 13.8 Å². The Hall–Kier alpha value is -1.86. The Balaban J connectivity index is 2.64. The number of nitrogens with zero attached hydrogens (tertiary/aromatic N) is 4. The van der Waals surface area contributed by atoms with Crippen LogP contribution in [-0.4, -0.2) is 26.7 Å². The monoisotopic (exact) mass is 292 g/mol. The summed E-state index contributed by atoms with van der Waals surface area (Å²) in [6.45, 7) is 8.16. The number of rotatable bonds is 5. The summed E-state index contributed by atoms with van der Waals surface area (Å²) in [4.78, 5) is 0. The van der Waals surface area contributed by atoms with E-state index in [1.807, 2.05) is 30.3 Å². The van der Waals surface area contributed by atoms with Crippen molar-refractivity contribution in [2.75, 3.05) is 7.11 Å². The van der Waals surface area contributed by atoms with E-state index in [1.165, 1.54) is 0 Å². The molecule has 0 aliphatic rings. The number of hydrogen-bond acceptors (Lipinski definition) is 5. The molecule has 1 atom stereocenters. The zero-order chi connectivity index (χ0) is 15.7. The summed E-state index contributed by atoms with van der Waals surface area (Å²) in [6, 6.07) is -0.0180. The second kappa shape index (κ2) is 5.87. The number of aryl methyl sites for hydroxylation is 2. The normalized spacial score (nSPS) is 13.0. The maximum atomic E-state index is 5.85. The molecule has 116 valence electrons. The van der Waals surface area contributed by atoms with Crippen LogP contribution < -0.4 is 16.0 Å². The number of methoxy groups -OCH3 is 1. The quantitative estimate of drug-likeness (QED) is 0.642. The summed E-state index contributed by atoms with van der Waals surface area (Å²) in [7, 11) is 3.57. The minimum Gasteiger partial charge on any atom is -0.493 e. The number of aromatic nitrogens is 4. The van der Waals surface area contributed by atoms with Gasteiger partial charge in [0.05, 0.1) is 25.0 Å². The number of ether oxygens (including phenoxy) is 1. The van der Waals surface area contributed by atoms with Crippen LogP contribution in [0.1, 0.15) is 48.6 Å². The molecule has 3 N–H and O–H groups in total. The Bertz CT molecular complexity index is 628. The van der Waals surface area contributed by atoms with Gasteiger partial charge in [0.15, 0.2) is 5.75 Å². The maximum absolute atomic E-state index is 5.85. The second-order valence-corrected chi connectivity index (χ2v) is 5.44. The molecule has 0 amide bonds. The molecular formula is C14H24N6O. The van der Waals surface area contributed by atoms with E-state index in [1.54, 1.807) is 13.3 Å². The van der Waals surface area contributed by atoms with Gasteiger partial charge < -0.3 is 4.74 Å². The number of nitrogens with two attached hydrogens (primary N) is 1. The van der Waals surface area contributed by atoms with Crippen LogP contribution in [0.25, 0.3) is 0 Å². The summed E-state index contributed by atoms with van der Waals surface area (Å²) in [5.74, 6) is 6.57. The number of hydrazine groups is 1. The molecule has 2 rings (SSSR count). The SMILES string of the molecule is COc1cnn(C(C)C)c1C(NN)c1c(C)nn(C)c1C. The van der Waals surface area contributed by atoms with Crippen molar-refractivity contribution in [1.82, 2.24) is 25.0 Å². The second-order valence-electron chi connectivity index (χ2n) is 5.44. The van der Waals surface area contributed by atoms with Gasteiger partial charge in [-0.05, 0) is 27.7 Å². The smallest absolute Gasteiger partial charge is 0.161 e. The molecule has 0 aromatic carbocycles. The van der Waals surface area contributed by atoms with E-state index in [0.717, 1.165) is 22.6 Å². The van der Waals surface area contributed by atoms with Crippen molar-refractivity contribution >= 4 is 0 Å². The first-order chi connectivity index (χ1) is 9.92. The van der Waals surface area contributed by atoms with Crippen molar-refractivity contribution in [2.45, 2.75) is 39.8 Å². The van der Waals surface area contributed by atoms with Crippen molar-refractivity contribution in [3.8, 4) is 5.75 Å². The van der Waals surface area contributed by atoms with Crippen LogP contribution in [0.4, 0.5) is 0 Å². The predicted molar refractivity (Wildman–Crippen MR) is 81.0 cm³/mol. The van der Waals surface area contributed by atoms with Crippen molar-refractivity contribution < 1.29 is 4.74 Å². The predicted octanol–water partition coefficient (Wildman–Crippen LogP) is 1.38. The Morgan fingerprint density at radius 3 is 2.43 bits per heavy atom. The fourth-order valence-electron chi connectivity index (χ4n) is 2.71. The summed E-state index contributed by atoms with van der Waals surface area (Å²) in [5.41, 5.74) is 6.86. The summed E-state index contributed by atoms with van der Waals surface area (Å²) < 4.78 is 9.25. The first-order valence-corrected chi connectivity index (χ1v) is 6.99. The van der Waals surface area contributed by atoms with Crippen molar-refractivity contribution in [3.63, 3.8) is 0 Å². The molecule has 0 aliphatic heterocycles. The average molecular weight is 292 g/mol. The van der Waals surface area contributed by atoms with E-state index in [2.05, 4.69) is 29.5 Å². The van der Waals surface area contributed by atoms with E-state index in [4.69, 9.17) is 10.6 Å². The van der Waals surface area contributed by atoms with Gasteiger partial charge in [-0.25, -0.2) is 5.43 Å². The van der Waals surface area contributed by atoms with Gasteiger partial charge in [0.1, 0.15) is 5.69 Å². The van der Waals surface area contributed by atoms with Gasteiger partial charge in [0.25, 0.3) is 0 Å². The van der Waals surface area contributed by atoms with Crippen molar-refractivity contribution in [3.05, 3.63) is 28.8 Å². The Morgan fingerprint density at radius 1 is 1.33 bits per heavy atom. The molecule has 7 nitrogen and oxygen atoms in total. The molecule has 2 aromatic rings. The summed E-state index contributed by atoms with van der Waals surface area (Å²) >= 11 is 0. The molecule has 21 heavy (non-hydrogen) atoms. The number of hydrogen-bond donors (Lipinski definition) is 2. The highest BCUT2D eigenvalue weighted by Gasteiger charge is 2.28. The molecule has 2 heterocycles. The molecule has 0 aliphatic carbocycles. The molecule has 0 saturated carbocycles. The zero-order valence-corrected chi connectivity index (χ0v) is 13.5. The molecule has 1 unspecified atom stereocenters. The van der Waals surface area contributed by atoms with Gasteiger partial charge in [-0.2, -0.15) is 10.2 Å². The average Bonchev–Trinajstić information content (AvgIpc) is 2.96. The van der Waals surface area contributed by atoms with Crippen LogP contribution in [0.5, 0.6) is 5.75 Å². The Labute approximate surface area is 125 Å². The third-order valence-electron chi connectivity index (χ3n) is 3.80. The minimum atomic E-state index is -0.224. The van der Waals surface area contributed by atoms with Crippen LogP contribution in [0.3, 0.4) is 0 Å². The molecule has 0 bridgehead atoms. The minimum absolute atomic E-state index is 0.206. The van der Waals surface area contributed by atoms with Gasteiger partial charge in [0.2, 0.25) is 0 Å². The topological polar surface area (TPSA) is 82.9 Å². The van der Waals surface area contributed by atoms with E-state index in [-0.39, 0.29) is 12.1 Å². The van der Waals surface area contributed by atoms with Gasteiger partial charge >= 0.3 is 0 Å². The third kappa shape index (κ3) is 2.54. The molecule has 7 heteroatoms. The van der Waals surface area contributed by atoms with Crippen LogP contribution >= 0.6 is 0 Å². The van der Waals surface area contributed by atoms with Crippen LogP contribution in [0.15, 0.2) is 6.20 Å². The molecule has 0 saturated heterocycles. The standard InChI is InChI=1S/C14H24N6O/c1-8(2)20-14(11(21-6)7-16-20)13(17-15)12-9(3)18-19(5)10(12)4/h7-8,13,17H,15H2,1-6H3. The van der Waals surface area contributed by atoms with E-state index < -0.39 is 0 Å². The first kappa shape index (κ1) is 15.5. The lowest BCUT2D eigenvalue weighted by molar-refractivity contribution is 0.393. The first-order valence-electron chi connectivity index (χ1n) is 6.99. The van der Waals surface area contributed by atoms with Crippen molar-refractivity contribution in [2.24, 2.45) is 12.9 Å². The van der Waals surface area contributed by atoms with E-state index in [9.17, 15) is 0 Å². The largest absolute Gasteiger partial charge is 0.493 e. The van der Waals surface area contributed by atoms with Crippen molar-refractivity contribution in [1.29, 1.82) is 0 Å². The third-order valence-corrected chi connectivity index (χ3v) is 3.80. The molecule has 0 spiro atoms. The molecule has 2 aromatic heterocycles. The van der Waals surface area contributed by atoms with Gasteiger partial charge in [0, 0.05) is 24.3 Å². The summed E-state index contributed by atoms with van der Waals surface area (Å²) in [5, 5.41) is 8.89. The number of nitrogens with one attached hydrogen (secondary N) is 1. The lowest BCUT2D eigenvalue weighted by Crippen LogP contribution is -2.32. The van der Waals surface area contributed by atoms with Crippen LogP contribution in [-0.2, 0) is 7.05 Å². The Morgan fingerprint density at radius 2 is 2.00 bits per heavy atom. The zero-order valence-electron chi connectivity index (χ0n) is 13.5. The molecule has 0 radical (unpaired) electrons. The molecular weight excluding hydrogens is 268 g/mol. The highest BCUT2D eigenvalue weighted by atomic mass is 16.5. The van der Waals surface area contributed by atoms with Crippen LogP contribution in [0.2, 0.25) is 0 Å². The van der Waals surface area contributed by atoms with E-state index in [0.29, 0.717) is 5.75 Å². The van der Waals surface area contributed by atoms with Gasteiger partial charge in [-0.1, -0.05) is 0 Å². The Kier molecular flexibility index (Phi) is 4.34. The highest BCUT2D eigenvalue weighted by molar-refractivity contribution is 5.40. The fourth-order valence-corrected chi connectivity index (χ4v) is 2.71. The van der Waals surface area contributed by atoms with Gasteiger partial charge in [-0.15, -0.1) is 0 Å². The van der Waals surface area contributed by atoms with E-state index >= 15 is 0 Å². The molecule has 0 fully saturated rings. The maximum Gasteiger partial charge on any atom is 0.161 e.